The molecule has 0 spiro atoms. The number of hydrogen-bond acceptors (Lipinski definition) is 4. The van der Waals surface area contributed by atoms with Crippen molar-refractivity contribution in [1.82, 2.24) is 10.6 Å². The first-order chi connectivity index (χ1) is 12.4. The van der Waals surface area contributed by atoms with Crippen LogP contribution in [-0.2, 0) is 6.54 Å². The second kappa shape index (κ2) is 8.89. The van der Waals surface area contributed by atoms with E-state index in [1.807, 2.05) is 26.0 Å². The molecule has 0 aromatic heterocycles. The molecule has 2 aromatic rings. The number of benzene rings is 2. The average molecular weight is 356 g/mol. The lowest BCUT2D eigenvalue weighted by Gasteiger charge is -2.11. The van der Waals surface area contributed by atoms with Crippen LogP contribution >= 0.6 is 0 Å². The largest absolute Gasteiger partial charge is 0.493 e. The topological polar surface area (TPSA) is 76.7 Å². The monoisotopic (exact) mass is 356 g/mol. The molecule has 0 radical (unpaired) electrons. The van der Waals surface area contributed by atoms with Crippen molar-refractivity contribution in [2.45, 2.75) is 26.4 Å². The fourth-order valence-corrected chi connectivity index (χ4v) is 2.42. The van der Waals surface area contributed by atoms with E-state index in [4.69, 9.17) is 9.47 Å². The van der Waals surface area contributed by atoms with Crippen LogP contribution in [-0.4, -0.2) is 32.1 Å². The van der Waals surface area contributed by atoms with Crippen molar-refractivity contribution in [2.75, 3.05) is 14.2 Å². The lowest BCUT2D eigenvalue weighted by molar-refractivity contribution is 0.0943. The number of amides is 2. The molecule has 6 nitrogen and oxygen atoms in total. The Morgan fingerprint density at radius 1 is 0.923 bits per heavy atom. The van der Waals surface area contributed by atoms with Crippen molar-refractivity contribution in [1.29, 1.82) is 0 Å². The Hall–Kier alpha value is -3.02. The van der Waals surface area contributed by atoms with Gasteiger partial charge >= 0.3 is 0 Å². The van der Waals surface area contributed by atoms with Crippen molar-refractivity contribution < 1.29 is 19.1 Å². The molecule has 2 N–H and O–H groups in total. The van der Waals surface area contributed by atoms with Gasteiger partial charge in [-0.1, -0.05) is 12.1 Å². The molecule has 2 amide bonds. The third-order valence-corrected chi connectivity index (χ3v) is 3.71. The molecule has 2 aromatic carbocycles. The first-order valence-electron chi connectivity index (χ1n) is 8.34. The molecule has 2 rings (SSSR count). The zero-order chi connectivity index (χ0) is 19.1. The van der Waals surface area contributed by atoms with E-state index >= 15 is 0 Å². The Balaban J connectivity index is 2.05. The number of carbonyl (C=O) groups excluding carboxylic acids is 2. The van der Waals surface area contributed by atoms with Crippen LogP contribution < -0.4 is 20.1 Å². The fraction of sp³-hybridized carbons (Fsp3) is 0.300. The molecule has 0 aliphatic carbocycles. The molecule has 0 aliphatic rings. The van der Waals surface area contributed by atoms with Crippen molar-refractivity contribution in [2.24, 2.45) is 0 Å². The molecule has 0 saturated heterocycles. The van der Waals surface area contributed by atoms with Crippen LogP contribution in [0, 0.1) is 0 Å². The van der Waals surface area contributed by atoms with Gasteiger partial charge < -0.3 is 20.1 Å². The molecule has 138 valence electrons. The Morgan fingerprint density at radius 3 is 2.19 bits per heavy atom. The number of methoxy groups -OCH3 is 2. The minimum Gasteiger partial charge on any atom is -0.493 e. The summed E-state index contributed by atoms with van der Waals surface area (Å²) in [6, 6.07) is 12.1. The van der Waals surface area contributed by atoms with E-state index in [-0.39, 0.29) is 17.9 Å². The first-order valence-corrected chi connectivity index (χ1v) is 8.34. The van der Waals surface area contributed by atoms with Gasteiger partial charge in [-0.05, 0) is 49.7 Å². The Labute approximate surface area is 153 Å². The lowest BCUT2D eigenvalue weighted by atomic mass is 10.1. The van der Waals surface area contributed by atoms with Crippen molar-refractivity contribution >= 4 is 11.8 Å². The van der Waals surface area contributed by atoms with Gasteiger partial charge in [-0.2, -0.15) is 0 Å². The smallest absolute Gasteiger partial charge is 0.251 e. The SMILES string of the molecule is COc1ccc(CNC(=O)c2cccc(C(=O)NC(C)C)c2)cc1OC. The minimum atomic E-state index is -0.251. The zero-order valence-corrected chi connectivity index (χ0v) is 15.5. The maximum absolute atomic E-state index is 12.4. The normalized spacial score (nSPS) is 10.3. The van der Waals surface area contributed by atoms with E-state index in [0.29, 0.717) is 29.2 Å². The van der Waals surface area contributed by atoms with E-state index < -0.39 is 0 Å². The highest BCUT2D eigenvalue weighted by molar-refractivity contribution is 5.99. The van der Waals surface area contributed by atoms with Gasteiger partial charge in [0.15, 0.2) is 11.5 Å². The van der Waals surface area contributed by atoms with Gasteiger partial charge in [-0.15, -0.1) is 0 Å². The molecule has 0 fully saturated rings. The number of rotatable bonds is 7. The molecule has 6 heteroatoms. The van der Waals surface area contributed by atoms with Crippen LogP contribution in [0.4, 0.5) is 0 Å². The summed E-state index contributed by atoms with van der Waals surface area (Å²) in [5, 5.41) is 5.65. The summed E-state index contributed by atoms with van der Waals surface area (Å²) in [5.41, 5.74) is 1.77. The summed E-state index contributed by atoms with van der Waals surface area (Å²) < 4.78 is 10.5. The highest BCUT2D eigenvalue weighted by Gasteiger charge is 2.12. The van der Waals surface area contributed by atoms with Gasteiger partial charge in [0.1, 0.15) is 0 Å². The maximum Gasteiger partial charge on any atom is 0.251 e. The fourth-order valence-electron chi connectivity index (χ4n) is 2.42. The molecule has 0 heterocycles. The van der Waals surface area contributed by atoms with Gasteiger partial charge in [0.25, 0.3) is 11.8 Å². The molecular weight excluding hydrogens is 332 g/mol. The van der Waals surface area contributed by atoms with Gasteiger partial charge in [0.2, 0.25) is 0 Å². The van der Waals surface area contributed by atoms with Crippen molar-refractivity contribution in [3.05, 3.63) is 59.2 Å². The second-order valence-corrected chi connectivity index (χ2v) is 6.08. The van der Waals surface area contributed by atoms with Gasteiger partial charge in [0, 0.05) is 23.7 Å². The molecule has 0 saturated carbocycles. The zero-order valence-electron chi connectivity index (χ0n) is 15.5. The summed E-state index contributed by atoms with van der Waals surface area (Å²) in [5.74, 6) is 0.784. The number of ether oxygens (including phenoxy) is 2. The molecule has 0 bridgehead atoms. The predicted octanol–water partition coefficient (Wildman–Crippen LogP) is 2.77. The van der Waals surface area contributed by atoms with Crippen LogP contribution in [0.1, 0.15) is 40.1 Å². The third-order valence-electron chi connectivity index (χ3n) is 3.71. The number of nitrogens with one attached hydrogen (secondary N) is 2. The standard InChI is InChI=1S/C20H24N2O4/c1-13(2)22-20(24)16-7-5-6-15(11-16)19(23)21-12-14-8-9-17(25-3)18(10-14)26-4/h5-11,13H,12H2,1-4H3,(H,21,23)(H,22,24). The third kappa shape index (κ3) is 4.99. The Kier molecular flexibility index (Phi) is 6.60. The van der Waals surface area contributed by atoms with E-state index in [0.717, 1.165) is 5.56 Å². The molecular formula is C20H24N2O4. The minimum absolute atomic E-state index is 0.0324. The maximum atomic E-state index is 12.4. The average Bonchev–Trinajstić information content (AvgIpc) is 2.65. The first kappa shape index (κ1) is 19.3. The quantitative estimate of drug-likeness (QED) is 0.800. The summed E-state index contributed by atoms with van der Waals surface area (Å²) in [6.45, 7) is 4.11. The van der Waals surface area contributed by atoms with Crippen molar-refractivity contribution in [3.63, 3.8) is 0 Å². The van der Waals surface area contributed by atoms with Crippen LogP contribution in [0.15, 0.2) is 42.5 Å². The van der Waals surface area contributed by atoms with E-state index in [9.17, 15) is 9.59 Å². The summed E-state index contributed by atoms with van der Waals surface area (Å²) in [6.07, 6.45) is 0. The Bertz CT molecular complexity index is 787. The van der Waals surface area contributed by atoms with Gasteiger partial charge in [-0.25, -0.2) is 0 Å². The molecule has 0 aliphatic heterocycles. The summed E-state index contributed by atoms with van der Waals surface area (Å²) in [4.78, 5) is 24.5. The molecule has 26 heavy (non-hydrogen) atoms. The summed E-state index contributed by atoms with van der Waals surface area (Å²) >= 11 is 0. The Morgan fingerprint density at radius 2 is 1.58 bits per heavy atom. The van der Waals surface area contributed by atoms with Crippen LogP contribution in [0.3, 0.4) is 0 Å². The highest BCUT2D eigenvalue weighted by atomic mass is 16.5. The highest BCUT2D eigenvalue weighted by Crippen LogP contribution is 2.27. The number of carbonyl (C=O) groups is 2. The predicted molar refractivity (Wildman–Crippen MR) is 99.8 cm³/mol. The van der Waals surface area contributed by atoms with E-state index in [1.54, 1.807) is 44.6 Å². The van der Waals surface area contributed by atoms with Gasteiger partial charge in [0.05, 0.1) is 14.2 Å². The second-order valence-electron chi connectivity index (χ2n) is 6.08. The van der Waals surface area contributed by atoms with Crippen LogP contribution in [0.25, 0.3) is 0 Å². The molecule has 0 atom stereocenters. The molecule has 0 unspecified atom stereocenters. The van der Waals surface area contributed by atoms with Crippen LogP contribution in [0.2, 0.25) is 0 Å². The van der Waals surface area contributed by atoms with Crippen LogP contribution in [0.5, 0.6) is 11.5 Å². The van der Waals surface area contributed by atoms with Gasteiger partial charge in [-0.3, -0.25) is 9.59 Å². The van der Waals surface area contributed by atoms with E-state index in [2.05, 4.69) is 10.6 Å². The number of hydrogen-bond donors (Lipinski definition) is 2. The van der Waals surface area contributed by atoms with Crippen molar-refractivity contribution in [3.8, 4) is 11.5 Å². The summed E-state index contributed by atoms with van der Waals surface area (Å²) in [7, 11) is 3.13. The van der Waals surface area contributed by atoms with E-state index in [1.165, 1.54) is 0 Å². The lowest BCUT2D eigenvalue weighted by Crippen LogP contribution is -2.30.